The fourth-order valence-corrected chi connectivity index (χ4v) is 4.35. The van der Waals surface area contributed by atoms with E-state index in [4.69, 9.17) is 5.73 Å². The van der Waals surface area contributed by atoms with Crippen LogP contribution < -0.4 is 5.73 Å². The summed E-state index contributed by atoms with van der Waals surface area (Å²) in [7, 11) is 4.22. The first kappa shape index (κ1) is 16.2. The second kappa shape index (κ2) is 6.73. The zero-order valence-electron chi connectivity index (χ0n) is 13.6. The molecule has 0 aromatic carbocycles. The molecule has 4 heteroatoms. The normalized spacial score (nSPS) is 43.4. The van der Waals surface area contributed by atoms with Crippen molar-refractivity contribution in [2.24, 2.45) is 23.5 Å². The van der Waals surface area contributed by atoms with E-state index in [9.17, 15) is 5.11 Å². The molecule has 0 amide bonds. The average molecular weight is 283 g/mol. The van der Waals surface area contributed by atoms with E-state index in [1.807, 2.05) is 0 Å². The van der Waals surface area contributed by atoms with Crippen LogP contribution in [0.1, 0.15) is 33.1 Å². The van der Waals surface area contributed by atoms with Gasteiger partial charge in [-0.2, -0.15) is 0 Å². The Labute approximate surface area is 124 Å². The summed E-state index contributed by atoms with van der Waals surface area (Å²) < 4.78 is 0. The van der Waals surface area contributed by atoms with Gasteiger partial charge in [-0.3, -0.25) is 4.90 Å². The third kappa shape index (κ3) is 3.94. The van der Waals surface area contributed by atoms with Crippen molar-refractivity contribution in [1.29, 1.82) is 0 Å². The summed E-state index contributed by atoms with van der Waals surface area (Å²) in [6.07, 6.45) is 3.20. The van der Waals surface area contributed by atoms with Gasteiger partial charge in [-0.15, -0.1) is 0 Å². The van der Waals surface area contributed by atoms with Crippen LogP contribution in [0.25, 0.3) is 0 Å². The van der Waals surface area contributed by atoms with E-state index in [1.165, 1.54) is 6.42 Å². The van der Waals surface area contributed by atoms with Crippen molar-refractivity contribution in [1.82, 2.24) is 9.80 Å². The van der Waals surface area contributed by atoms with E-state index in [-0.39, 0.29) is 6.10 Å². The number of likely N-dealkylation sites (tertiary alicyclic amines) is 1. The molecule has 2 aliphatic rings. The molecule has 1 saturated carbocycles. The Morgan fingerprint density at radius 2 is 1.90 bits per heavy atom. The number of hydrogen-bond donors (Lipinski definition) is 2. The lowest BCUT2D eigenvalue weighted by molar-refractivity contribution is 0.0974. The molecule has 0 spiro atoms. The van der Waals surface area contributed by atoms with Crippen LogP contribution in [0.3, 0.4) is 0 Å². The first-order valence-corrected chi connectivity index (χ1v) is 8.19. The molecule has 2 fully saturated rings. The largest absolute Gasteiger partial charge is 0.392 e. The summed E-state index contributed by atoms with van der Waals surface area (Å²) in [5.74, 6) is 2.05. The molecular formula is C16H33N3O. The number of aliphatic hydroxyl groups excluding tert-OH is 1. The standard InChI is InChI=1S/C16H33N3O/c1-11-5-12(2)15(16(17)6-11)10-19-9-14(20)7-13(19)8-18(3)4/h11-16,20H,5-10,17H2,1-4H3. The SMILES string of the molecule is CC1CC(C)C(CN2CC(O)CC2CN(C)C)C(N)C1. The molecule has 0 bridgehead atoms. The predicted molar refractivity (Wildman–Crippen MR) is 83.6 cm³/mol. The third-order valence-corrected chi connectivity index (χ3v) is 5.26. The highest BCUT2D eigenvalue weighted by atomic mass is 16.3. The second-order valence-electron chi connectivity index (χ2n) is 7.64. The zero-order chi connectivity index (χ0) is 14.9. The number of hydrogen-bond acceptors (Lipinski definition) is 4. The molecule has 0 aromatic heterocycles. The van der Waals surface area contributed by atoms with Gasteiger partial charge in [-0.1, -0.05) is 13.8 Å². The van der Waals surface area contributed by atoms with Gasteiger partial charge in [-0.25, -0.2) is 0 Å². The second-order valence-corrected chi connectivity index (χ2v) is 7.64. The van der Waals surface area contributed by atoms with Crippen LogP contribution in [-0.4, -0.2) is 66.8 Å². The van der Waals surface area contributed by atoms with E-state index in [0.29, 0.717) is 23.9 Å². The van der Waals surface area contributed by atoms with Crippen molar-refractivity contribution in [3.63, 3.8) is 0 Å². The summed E-state index contributed by atoms with van der Waals surface area (Å²) in [6.45, 7) is 7.59. The average Bonchev–Trinajstić information content (AvgIpc) is 2.63. The molecule has 20 heavy (non-hydrogen) atoms. The van der Waals surface area contributed by atoms with Gasteiger partial charge in [0.1, 0.15) is 0 Å². The Balaban J connectivity index is 1.96. The quantitative estimate of drug-likeness (QED) is 0.808. The Bertz CT molecular complexity index is 298. The fourth-order valence-electron chi connectivity index (χ4n) is 4.35. The summed E-state index contributed by atoms with van der Waals surface area (Å²) >= 11 is 0. The lowest BCUT2D eigenvalue weighted by Gasteiger charge is -2.41. The molecule has 2 rings (SSSR count). The highest BCUT2D eigenvalue weighted by Crippen LogP contribution is 2.34. The number of nitrogens with zero attached hydrogens (tertiary/aromatic N) is 2. The maximum Gasteiger partial charge on any atom is 0.0682 e. The zero-order valence-corrected chi connectivity index (χ0v) is 13.6. The lowest BCUT2D eigenvalue weighted by atomic mass is 9.72. The van der Waals surface area contributed by atoms with Gasteiger partial charge in [0.15, 0.2) is 0 Å². The van der Waals surface area contributed by atoms with Gasteiger partial charge in [0.2, 0.25) is 0 Å². The van der Waals surface area contributed by atoms with Gasteiger partial charge in [0.05, 0.1) is 6.10 Å². The third-order valence-electron chi connectivity index (χ3n) is 5.26. The summed E-state index contributed by atoms with van der Waals surface area (Å²) in [6, 6.07) is 0.810. The molecule has 1 saturated heterocycles. The lowest BCUT2D eigenvalue weighted by Crippen LogP contribution is -2.49. The minimum Gasteiger partial charge on any atom is -0.392 e. The van der Waals surface area contributed by atoms with Crippen LogP contribution in [0.4, 0.5) is 0 Å². The Kier molecular flexibility index (Phi) is 5.46. The van der Waals surface area contributed by atoms with Crippen LogP contribution in [0.2, 0.25) is 0 Å². The van der Waals surface area contributed by atoms with Crippen molar-refractivity contribution >= 4 is 0 Å². The van der Waals surface area contributed by atoms with Crippen molar-refractivity contribution in [2.75, 3.05) is 33.7 Å². The topological polar surface area (TPSA) is 52.7 Å². The molecule has 1 aliphatic heterocycles. The van der Waals surface area contributed by atoms with Crippen LogP contribution in [-0.2, 0) is 0 Å². The molecule has 0 aromatic rings. The smallest absolute Gasteiger partial charge is 0.0682 e. The minimum absolute atomic E-state index is 0.158. The fraction of sp³-hybridized carbons (Fsp3) is 1.00. The number of nitrogens with two attached hydrogens (primary N) is 1. The number of rotatable bonds is 4. The number of β-amino-alcohol motifs (C(OH)–C–C–N with tert-alkyl or cyclic N) is 1. The van der Waals surface area contributed by atoms with E-state index in [1.54, 1.807) is 0 Å². The minimum atomic E-state index is -0.158. The van der Waals surface area contributed by atoms with Gasteiger partial charge in [0, 0.05) is 31.7 Å². The predicted octanol–water partition coefficient (Wildman–Crippen LogP) is 0.993. The molecule has 6 unspecified atom stereocenters. The van der Waals surface area contributed by atoms with Crippen LogP contribution in [0, 0.1) is 17.8 Å². The molecule has 3 N–H and O–H groups in total. The summed E-state index contributed by atoms with van der Waals surface area (Å²) in [5, 5.41) is 9.99. The molecule has 118 valence electrons. The van der Waals surface area contributed by atoms with Crippen molar-refractivity contribution in [3.8, 4) is 0 Å². The Hall–Kier alpha value is -0.160. The molecule has 1 heterocycles. The molecule has 0 radical (unpaired) electrons. The van der Waals surface area contributed by atoms with Crippen LogP contribution in [0.15, 0.2) is 0 Å². The summed E-state index contributed by atoms with van der Waals surface area (Å²) in [5.41, 5.74) is 6.42. The van der Waals surface area contributed by atoms with E-state index in [0.717, 1.165) is 38.4 Å². The van der Waals surface area contributed by atoms with E-state index in [2.05, 4.69) is 37.7 Å². The van der Waals surface area contributed by atoms with Gasteiger partial charge in [-0.05, 0) is 51.1 Å². The molecular weight excluding hydrogens is 250 g/mol. The monoisotopic (exact) mass is 283 g/mol. The van der Waals surface area contributed by atoms with Crippen molar-refractivity contribution < 1.29 is 5.11 Å². The van der Waals surface area contributed by atoms with Gasteiger partial charge in [0.25, 0.3) is 0 Å². The highest BCUT2D eigenvalue weighted by Gasteiger charge is 2.37. The first-order valence-electron chi connectivity index (χ1n) is 8.19. The highest BCUT2D eigenvalue weighted by molar-refractivity contribution is 4.92. The van der Waals surface area contributed by atoms with Gasteiger partial charge >= 0.3 is 0 Å². The van der Waals surface area contributed by atoms with E-state index < -0.39 is 0 Å². The molecule has 4 nitrogen and oxygen atoms in total. The van der Waals surface area contributed by atoms with Crippen LogP contribution >= 0.6 is 0 Å². The summed E-state index contributed by atoms with van der Waals surface area (Å²) in [4.78, 5) is 4.71. The Morgan fingerprint density at radius 1 is 1.20 bits per heavy atom. The molecule has 6 atom stereocenters. The Morgan fingerprint density at radius 3 is 2.50 bits per heavy atom. The van der Waals surface area contributed by atoms with Gasteiger partial charge < -0.3 is 15.7 Å². The first-order chi connectivity index (χ1) is 9.36. The maximum atomic E-state index is 9.99. The number of aliphatic hydroxyl groups is 1. The number of likely N-dealkylation sites (N-methyl/N-ethyl adjacent to an activating group) is 1. The van der Waals surface area contributed by atoms with Crippen molar-refractivity contribution in [2.45, 2.75) is 51.3 Å². The maximum absolute atomic E-state index is 9.99. The van der Waals surface area contributed by atoms with E-state index >= 15 is 0 Å². The molecule has 1 aliphatic carbocycles. The van der Waals surface area contributed by atoms with Crippen molar-refractivity contribution in [3.05, 3.63) is 0 Å². The van der Waals surface area contributed by atoms with Crippen LogP contribution in [0.5, 0.6) is 0 Å².